The van der Waals surface area contributed by atoms with Crippen molar-refractivity contribution < 1.29 is 32.4 Å². The molecule has 2 aliphatic rings. The minimum Gasteiger partial charge on any atom is -0.465 e. The maximum atomic E-state index is 14.4. The largest absolute Gasteiger partial charge is 0.465 e. The van der Waals surface area contributed by atoms with E-state index in [0.717, 1.165) is 35.8 Å². The van der Waals surface area contributed by atoms with Gasteiger partial charge in [-0.3, -0.25) is 14.4 Å². The van der Waals surface area contributed by atoms with Gasteiger partial charge >= 0.3 is 5.97 Å². The van der Waals surface area contributed by atoms with Crippen LogP contribution in [0.15, 0.2) is 66.7 Å². The van der Waals surface area contributed by atoms with E-state index < -0.39 is 45.9 Å². The highest BCUT2D eigenvalue weighted by Crippen LogP contribution is 2.46. The zero-order valence-electron chi connectivity index (χ0n) is 25.9. The highest BCUT2D eigenvalue weighted by molar-refractivity contribution is 7.88. The Hall–Kier alpha value is -4.06. The molecular weight excluding hydrogens is 594 g/mol. The number of fused-ring (bicyclic) bond motifs is 1. The fourth-order valence-electron chi connectivity index (χ4n) is 6.70. The number of rotatable bonds is 9. The van der Waals surface area contributed by atoms with Crippen molar-refractivity contribution in [2.75, 3.05) is 13.4 Å². The van der Waals surface area contributed by atoms with E-state index in [2.05, 4.69) is 10.2 Å². The van der Waals surface area contributed by atoms with Crippen molar-refractivity contribution in [3.05, 3.63) is 106 Å². The number of methoxy groups -OCH3 is 1. The van der Waals surface area contributed by atoms with E-state index in [9.17, 15) is 22.8 Å². The summed E-state index contributed by atoms with van der Waals surface area (Å²) in [6.45, 7) is 3.93. The molecule has 1 heterocycles. The molecular formula is C34H39N3O7S. The van der Waals surface area contributed by atoms with Crippen LogP contribution in [0.2, 0.25) is 0 Å². The minimum absolute atomic E-state index is 0.00914. The zero-order valence-corrected chi connectivity index (χ0v) is 26.7. The quantitative estimate of drug-likeness (QED) is 0.263. The molecule has 3 aromatic rings. The second kappa shape index (κ2) is 13.5. The van der Waals surface area contributed by atoms with Crippen LogP contribution in [0, 0.1) is 13.8 Å². The minimum atomic E-state index is -3.56. The summed E-state index contributed by atoms with van der Waals surface area (Å²) in [7, 11) is -2.26. The van der Waals surface area contributed by atoms with E-state index in [-0.39, 0.29) is 12.5 Å². The van der Waals surface area contributed by atoms with Gasteiger partial charge in [-0.1, -0.05) is 66.9 Å². The smallest absolute Gasteiger partial charge is 0.337 e. The molecule has 11 heteroatoms. The second-order valence-corrected chi connectivity index (χ2v) is 13.7. The molecule has 0 aromatic heterocycles. The third-order valence-electron chi connectivity index (χ3n) is 8.61. The van der Waals surface area contributed by atoms with Crippen LogP contribution in [-0.2, 0) is 31.0 Å². The van der Waals surface area contributed by atoms with Crippen LogP contribution in [0.25, 0.3) is 0 Å². The maximum absolute atomic E-state index is 14.4. The molecule has 0 bridgehead atoms. The number of ether oxygens (including phenoxy) is 1. The van der Waals surface area contributed by atoms with Crippen LogP contribution in [0.1, 0.15) is 86.2 Å². The van der Waals surface area contributed by atoms with Crippen molar-refractivity contribution in [3.8, 4) is 0 Å². The highest BCUT2D eigenvalue weighted by atomic mass is 32.2. The van der Waals surface area contributed by atoms with Gasteiger partial charge < -0.3 is 9.64 Å². The second-order valence-electron chi connectivity index (χ2n) is 11.9. The number of nitrogens with zero attached hydrogens (tertiary/aromatic N) is 1. The first-order valence-corrected chi connectivity index (χ1v) is 16.9. The van der Waals surface area contributed by atoms with Crippen LogP contribution >= 0.6 is 0 Å². The Morgan fingerprint density at radius 2 is 1.71 bits per heavy atom. The number of carbonyl (C=O) groups is 3. The van der Waals surface area contributed by atoms with Crippen LogP contribution in [0.5, 0.6) is 0 Å². The fourth-order valence-corrected chi connectivity index (χ4v) is 7.53. The number of benzene rings is 3. The number of sulfonamides is 1. The highest BCUT2D eigenvalue weighted by Gasteiger charge is 2.49. The van der Waals surface area contributed by atoms with Crippen LogP contribution in [0.3, 0.4) is 0 Å². The third kappa shape index (κ3) is 7.11. The summed E-state index contributed by atoms with van der Waals surface area (Å²) in [4.78, 5) is 48.1. The molecule has 0 saturated heterocycles. The van der Waals surface area contributed by atoms with Gasteiger partial charge in [0.2, 0.25) is 10.0 Å². The van der Waals surface area contributed by atoms with E-state index in [0.29, 0.717) is 35.1 Å². The Labute approximate surface area is 264 Å². The van der Waals surface area contributed by atoms with Gasteiger partial charge in [0.05, 0.1) is 37.5 Å². The van der Waals surface area contributed by atoms with Crippen molar-refractivity contribution >= 4 is 27.8 Å². The lowest BCUT2D eigenvalue weighted by Gasteiger charge is -2.49. The lowest BCUT2D eigenvalue weighted by molar-refractivity contribution is -0.138. The molecule has 1 aliphatic heterocycles. The summed E-state index contributed by atoms with van der Waals surface area (Å²) in [5, 5.41) is 0. The molecule has 10 nitrogen and oxygen atoms in total. The molecule has 0 radical (unpaired) electrons. The number of hydroxylamine groups is 1. The zero-order chi connectivity index (χ0) is 32.3. The first kappa shape index (κ1) is 32.3. The standard InChI is InChI=1S/C34H39N3O7S/c1-21-16-17-25(22(2)18-21)31-30(32(38)35-44-20-23-10-9-11-24(19-23)34(40)43-3)26-12-5-6-13-27(26)33(39)37(31)29-15-8-7-14-28(29)36-45(4,41)42/h5-6,9-13,16-19,28-31,36H,7-8,14-15,20H2,1-4H3,(H,35,38)/t28-,29-,30+,31-/m0/s1. The number of hydrogen-bond acceptors (Lipinski definition) is 7. The summed E-state index contributed by atoms with van der Waals surface area (Å²) >= 11 is 0. The Bertz CT molecular complexity index is 1710. The average molecular weight is 634 g/mol. The normalized spacial score (nSPS) is 21.6. The molecule has 0 spiro atoms. The molecule has 0 unspecified atom stereocenters. The molecule has 45 heavy (non-hydrogen) atoms. The number of esters is 1. The fraction of sp³-hybridized carbons (Fsp3) is 0.382. The third-order valence-corrected chi connectivity index (χ3v) is 9.35. The average Bonchev–Trinajstić information content (AvgIpc) is 3.00. The lowest BCUT2D eigenvalue weighted by Crippen LogP contribution is -2.59. The van der Waals surface area contributed by atoms with E-state index in [1.54, 1.807) is 53.4 Å². The summed E-state index contributed by atoms with van der Waals surface area (Å²) in [5.74, 6) is -2.03. The number of nitrogens with one attached hydrogen (secondary N) is 2. The Morgan fingerprint density at radius 3 is 2.44 bits per heavy atom. The Kier molecular flexibility index (Phi) is 9.71. The molecule has 4 atom stereocenters. The monoisotopic (exact) mass is 633 g/mol. The van der Waals surface area contributed by atoms with Crippen molar-refractivity contribution in [2.45, 2.75) is 70.2 Å². The summed E-state index contributed by atoms with van der Waals surface area (Å²) in [6, 6.07) is 18.0. The van der Waals surface area contributed by atoms with Gasteiger partial charge in [0.15, 0.2) is 0 Å². The molecule has 1 aliphatic carbocycles. The first-order valence-electron chi connectivity index (χ1n) is 15.0. The number of amides is 2. The molecule has 2 amide bonds. The van der Waals surface area contributed by atoms with E-state index >= 15 is 0 Å². The lowest BCUT2D eigenvalue weighted by atomic mass is 9.75. The van der Waals surface area contributed by atoms with Gasteiger partial charge in [0, 0.05) is 17.6 Å². The summed E-state index contributed by atoms with van der Waals surface area (Å²) in [5.41, 5.74) is 7.36. The predicted octanol–water partition coefficient (Wildman–Crippen LogP) is 4.48. The number of aryl methyl sites for hydroxylation is 2. The van der Waals surface area contributed by atoms with Crippen molar-refractivity contribution in [1.29, 1.82) is 0 Å². The summed E-state index contributed by atoms with van der Waals surface area (Å²) in [6.07, 6.45) is 3.94. The Morgan fingerprint density at radius 1 is 0.956 bits per heavy atom. The van der Waals surface area contributed by atoms with E-state index in [4.69, 9.17) is 9.57 Å². The molecule has 1 saturated carbocycles. The predicted molar refractivity (Wildman–Crippen MR) is 169 cm³/mol. The molecule has 1 fully saturated rings. The number of carbonyl (C=O) groups excluding carboxylic acids is 3. The molecule has 5 rings (SSSR count). The van der Waals surface area contributed by atoms with Gasteiger partial charge in [-0.05, 0) is 67.1 Å². The van der Waals surface area contributed by atoms with Crippen LogP contribution < -0.4 is 10.2 Å². The van der Waals surface area contributed by atoms with Gasteiger partial charge in [0.25, 0.3) is 11.8 Å². The molecule has 2 N–H and O–H groups in total. The SMILES string of the molecule is COC(=O)c1cccc(CONC(=O)[C@@H]2c3ccccc3C(=O)N([C@H]3CCCC[C@@H]3NS(C)(=O)=O)[C@H]2c2ccc(C)cc2C)c1. The van der Waals surface area contributed by atoms with Gasteiger partial charge in [-0.2, -0.15) is 0 Å². The number of hydrogen-bond donors (Lipinski definition) is 2. The van der Waals surface area contributed by atoms with Crippen LogP contribution in [-0.4, -0.2) is 56.6 Å². The van der Waals surface area contributed by atoms with Gasteiger partial charge in [-0.25, -0.2) is 23.4 Å². The van der Waals surface area contributed by atoms with Gasteiger partial charge in [-0.15, -0.1) is 0 Å². The van der Waals surface area contributed by atoms with E-state index in [1.807, 2.05) is 32.0 Å². The van der Waals surface area contributed by atoms with Crippen molar-refractivity contribution in [2.24, 2.45) is 0 Å². The molecule has 3 aromatic carbocycles. The topological polar surface area (TPSA) is 131 Å². The Balaban J connectivity index is 1.55. The van der Waals surface area contributed by atoms with E-state index in [1.165, 1.54) is 7.11 Å². The summed E-state index contributed by atoms with van der Waals surface area (Å²) < 4.78 is 32.4. The molecule has 238 valence electrons. The maximum Gasteiger partial charge on any atom is 0.337 e. The first-order chi connectivity index (χ1) is 21.5. The van der Waals surface area contributed by atoms with Gasteiger partial charge in [0.1, 0.15) is 0 Å². The van der Waals surface area contributed by atoms with Crippen molar-refractivity contribution in [1.82, 2.24) is 15.1 Å². The van der Waals surface area contributed by atoms with Crippen LogP contribution in [0.4, 0.5) is 0 Å². The van der Waals surface area contributed by atoms with Crippen molar-refractivity contribution in [3.63, 3.8) is 0 Å².